The minimum Gasteiger partial charge on any atom is -0.449 e. The number of ether oxygens (including phenoxy) is 1. The van der Waals surface area contributed by atoms with E-state index < -0.39 is 22.5 Å². The lowest BCUT2D eigenvalue weighted by Gasteiger charge is -2.35. The molecule has 1 aliphatic rings. The molecule has 0 atom stereocenters. The van der Waals surface area contributed by atoms with Crippen LogP contribution in [0.5, 0.6) is 0 Å². The lowest BCUT2D eigenvalue weighted by Crippen LogP contribution is -2.17. The van der Waals surface area contributed by atoms with E-state index in [0.29, 0.717) is 24.3 Å². The van der Waals surface area contributed by atoms with Gasteiger partial charge < -0.3 is 4.74 Å². The van der Waals surface area contributed by atoms with Gasteiger partial charge in [-0.25, -0.2) is 9.18 Å². The first kappa shape index (κ1) is 17.8. The van der Waals surface area contributed by atoms with Crippen molar-refractivity contribution in [1.29, 1.82) is 0 Å². The highest BCUT2D eigenvalue weighted by molar-refractivity contribution is 8.24. The van der Waals surface area contributed by atoms with E-state index in [1.165, 1.54) is 6.07 Å². The fraction of sp³-hybridized carbons (Fsp3) is 0.438. The van der Waals surface area contributed by atoms with Gasteiger partial charge in [-0.3, -0.25) is 14.4 Å². The molecule has 3 N–H and O–H groups in total. The molecule has 128 valence electrons. The molecule has 0 saturated heterocycles. The van der Waals surface area contributed by atoms with Gasteiger partial charge in [0.05, 0.1) is 12.4 Å². The number of allylic oxidation sites excluding steroid dienone is 1. The first-order valence-electron chi connectivity index (χ1n) is 7.43. The molecule has 5 nitrogen and oxygen atoms in total. The third-order valence-electron chi connectivity index (χ3n) is 3.40. The summed E-state index contributed by atoms with van der Waals surface area (Å²) in [5.41, 5.74) is 1.49. The second-order valence-electron chi connectivity index (χ2n) is 5.96. The van der Waals surface area contributed by atoms with Crippen LogP contribution in [-0.4, -0.2) is 33.3 Å². The van der Waals surface area contributed by atoms with Gasteiger partial charge >= 0.3 is 6.09 Å². The number of hydrogen-bond acceptors (Lipinski definition) is 4. The number of anilines is 1. The fourth-order valence-electron chi connectivity index (χ4n) is 2.19. The third-order valence-corrected chi connectivity index (χ3v) is 4.96. The molecule has 0 fully saturated rings. The summed E-state index contributed by atoms with van der Waals surface area (Å²) >= 11 is 0. The van der Waals surface area contributed by atoms with Crippen LogP contribution in [0.1, 0.15) is 25.8 Å². The van der Waals surface area contributed by atoms with Crippen LogP contribution in [0.4, 0.5) is 14.9 Å². The zero-order chi connectivity index (χ0) is 17.0. The minimum atomic E-state index is -2.55. The fourth-order valence-corrected chi connectivity index (χ4v) is 3.37. The van der Waals surface area contributed by atoms with E-state index in [4.69, 9.17) is 4.74 Å². The molecule has 0 aromatic heterocycles. The lowest BCUT2D eigenvalue weighted by molar-refractivity contribution is 0.147. The Kier molecular flexibility index (Phi) is 5.67. The van der Waals surface area contributed by atoms with Gasteiger partial charge in [0.25, 0.3) is 0 Å². The van der Waals surface area contributed by atoms with Crippen molar-refractivity contribution in [2.75, 3.05) is 23.4 Å². The normalized spacial score (nSPS) is 18.3. The van der Waals surface area contributed by atoms with Gasteiger partial charge in [-0.2, -0.15) is 10.6 Å². The smallest absolute Gasteiger partial charge is 0.411 e. The summed E-state index contributed by atoms with van der Waals surface area (Å²) in [5.74, 6) is 0.171. The van der Waals surface area contributed by atoms with E-state index in [1.54, 1.807) is 18.2 Å². The van der Waals surface area contributed by atoms with Gasteiger partial charge in [-0.15, -0.1) is 0 Å². The molecule has 7 heteroatoms. The van der Waals surface area contributed by atoms with Crippen LogP contribution in [0, 0.1) is 11.7 Å². The number of amides is 1. The standard InChI is InChI=1S/C16H22FNO4S/c1-11(2)10-22-16(19)18-13-3-4-14(15(17)9-13)12-5-7-23(20,21)8-6-12/h3-5,9,11,20-21H,6-8,10H2,1-2H3,(H,18,19). The van der Waals surface area contributed by atoms with Crippen LogP contribution >= 0.6 is 10.6 Å². The van der Waals surface area contributed by atoms with Crippen molar-refractivity contribution in [3.63, 3.8) is 0 Å². The molecule has 0 unspecified atom stereocenters. The first-order valence-corrected chi connectivity index (χ1v) is 9.31. The van der Waals surface area contributed by atoms with Crippen molar-refractivity contribution >= 4 is 27.9 Å². The van der Waals surface area contributed by atoms with Gasteiger partial charge in [-0.1, -0.05) is 19.9 Å². The zero-order valence-corrected chi connectivity index (χ0v) is 14.0. The van der Waals surface area contributed by atoms with Crippen LogP contribution in [0.25, 0.3) is 5.57 Å². The van der Waals surface area contributed by atoms with Crippen molar-refractivity contribution in [3.05, 3.63) is 35.7 Å². The highest BCUT2D eigenvalue weighted by Gasteiger charge is 2.20. The average Bonchev–Trinajstić information content (AvgIpc) is 2.46. The quantitative estimate of drug-likeness (QED) is 0.748. The van der Waals surface area contributed by atoms with Crippen LogP contribution in [0.2, 0.25) is 0 Å². The van der Waals surface area contributed by atoms with Gasteiger partial charge in [0.1, 0.15) is 5.82 Å². The molecule has 0 radical (unpaired) electrons. The Morgan fingerprint density at radius 1 is 1.43 bits per heavy atom. The largest absolute Gasteiger partial charge is 0.449 e. The van der Waals surface area contributed by atoms with E-state index >= 15 is 0 Å². The summed E-state index contributed by atoms with van der Waals surface area (Å²) in [4.78, 5) is 11.6. The average molecular weight is 343 g/mol. The molecule has 1 aromatic rings. The summed E-state index contributed by atoms with van der Waals surface area (Å²) in [5, 5.41) is 2.48. The van der Waals surface area contributed by atoms with Gasteiger partial charge in [-0.05, 0) is 36.1 Å². The molecule has 0 aliphatic carbocycles. The van der Waals surface area contributed by atoms with Gasteiger partial charge in [0, 0.05) is 17.0 Å². The van der Waals surface area contributed by atoms with Crippen LogP contribution in [-0.2, 0) is 4.74 Å². The van der Waals surface area contributed by atoms with E-state index in [1.807, 2.05) is 13.8 Å². The van der Waals surface area contributed by atoms with Gasteiger partial charge in [0.2, 0.25) is 0 Å². The molecule has 1 heterocycles. The number of carbonyl (C=O) groups is 1. The highest BCUT2D eigenvalue weighted by atomic mass is 32.3. The molecule has 0 spiro atoms. The number of hydrogen-bond donors (Lipinski definition) is 3. The highest BCUT2D eigenvalue weighted by Crippen LogP contribution is 2.45. The maximum absolute atomic E-state index is 14.2. The molecular weight excluding hydrogens is 321 g/mol. The number of benzene rings is 1. The summed E-state index contributed by atoms with van der Waals surface area (Å²) in [7, 11) is -2.55. The van der Waals surface area contributed by atoms with E-state index in [2.05, 4.69) is 5.32 Å². The first-order chi connectivity index (χ1) is 10.8. The number of carbonyl (C=O) groups excluding carboxylic acids is 1. The number of halogens is 1. The Balaban J connectivity index is 2.04. The second-order valence-corrected chi connectivity index (χ2v) is 8.31. The molecule has 1 aromatic carbocycles. The Bertz CT molecular complexity index is 616. The monoisotopic (exact) mass is 343 g/mol. The van der Waals surface area contributed by atoms with Crippen molar-refractivity contribution < 1.29 is 23.0 Å². The molecular formula is C16H22FNO4S. The van der Waals surface area contributed by atoms with Crippen LogP contribution in [0.15, 0.2) is 24.3 Å². The maximum Gasteiger partial charge on any atom is 0.411 e. The van der Waals surface area contributed by atoms with Crippen LogP contribution in [0.3, 0.4) is 0 Å². The van der Waals surface area contributed by atoms with E-state index in [-0.39, 0.29) is 17.4 Å². The van der Waals surface area contributed by atoms with Crippen molar-refractivity contribution in [2.24, 2.45) is 5.92 Å². The predicted octanol–water partition coefficient (Wildman–Crippen LogP) is 4.57. The lowest BCUT2D eigenvalue weighted by atomic mass is 10.0. The summed E-state index contributed by atoms with van der Waals surface area (Å²) in [6.07, 6.45) is 1.47. The van der Waals surface area contributed by atoms with Crippen molar-refractivity contribution in [2.45, 2.75) is 20.3 Å². The second kappa shape index (κ2) is 7.33. The zero-order valence-electron chi connectivity index (χ0n) is 13.2. The Hall–Kier alpha value is -1.57. The number of nitrogens with one attached hydrogen (secondary N) is 1. The number of rotatable bonds is 4. The Morgan fingerprint density at radius 3 is 2.74 bits per heavy atom. The summed E-state index contributed by atoms with van der Waals surface area (Å²) < 4.78 is 38.4. The van der Waals surface area contributed by atoms with E-state index in [0.717, 1.165) is 5.57 Å². The molecule has 1 amide bonds. The molecule has 1 aliphatic heterocycles. The van der Waals surface area contributed by atoms with Crippen molar-refractivity contribution in [3.8, 4) is 0 Å². The SMILES string of the molecule is CC(C)COC(=O)Nc1ccc(C2=CCS(O)(O)CC2)c(F)c1. The molecule has 23 heavy (non-hydrogen) atoms. The minimum absolute atomic E-state index is 0.156. The van der Waals surface area contributed by atoms with Gasteiger partial charge in [0.15, 0.2) is 0 Å². The summed E-state index contributed by atoms with van der Waals surface area (Å²) in [6, 6.07) is 4.41. The molecule has 2 rings (SSSR count). The molecule has 0 saturated carbocycles. The predicted molar refractivity (Wildman–Crippen MR) is 91.4 cm³/mol. The Labute approximate surface area is 136 Å². The topological polar surface area (TPSA) is 78.8 Å². The maximum atomic E-state index is 14.2. The van der Waals surface area contributed by atoms with Crippen LogP contribution < -0.4 is 5.32 Å². The third kappa shape index (κ3) is 5.23. The van der Waals surface area contributed by atoms with E-state index in [9.17, 15) is 18.3 Å². The molecule has 0 bridgehead atoms. The van der Waals surface area contributed by atoms with Crippen molar-refractivity contribution in [1.82, 2.24) is 0 Å². The summed E-state index contributed by atoms with van der Waals surface area (Å²) in [6.45, 7) is 4.15. The Morgan fingerprint density at radius 2 is 2.17 bits per heavy atom.